The normalized spacial score (nSPS) is 17.7. The van der Waals surface area contributed by atoms with E-state index >= 15 is 0 Å². The first-order valence-corrected chi connectivity index (χ1v) is 9.72. The molecule has 0 aromatic carbocycles. The molecule has 0 saturated carbocycles. The molecule has 146 valence electrons. The van der Waals surface area contributed by atoms with Crippen molar-refractivity contribution >= 4 is 11.8 Å². The molecule has 28 heavy (non-hydrogen) atoms. The van der Waals surface area contributed by atoms with Crippen LogP contribution in [0.15, 0.2) is 35.4 Å². The van der Waals surface area contributed by atoms with E-state index in [9.17, 15) is 14.4 Å². The molecule has 4 rings (SSSR count). The van der Waals surface area contributed by atoms with Crippen molar-refractivity contribution in [3.63, 3.8) is 0 Å². The average Bonchev–Trinajstić information content (AvgIpc) is 3.28. The summed E-state index contributed by atoms with van der Waals surface area (Å²) >= 11 is 0. The highest BCUT2D eigenvalue weighted by atomic mass is 16.2. The van der Waals surface area contributed by atoms with Crippen LogP contribution in [0.2, 0.25) is 0 Å². The quantitative estimate of drug-likeness (QED) is 0.864. The van der Waals surface area contributed by atoms with Crippen LogP contribution in [0, 0.1) is 5.92 Å². The molecule has 2 fully saturated rings. The molecule has 4 heterocycles. The number of carbonyl (C=O) groups is 2. The Morgan fingerprint density at radius 3 is 2.39 bits per heavy atom. The van der Waals surface area contributed by atoms with Gasteiger partial charge >= 0.3 is 0 Å². The van der Waals surface area contributed by atoms with Crippen molar-refractivity contribution in [1.82, 2.24) is 24.8 Å². The van der Waals surface area contributed by atoms with E-state index < -0.39 is 5.56 Å². The van der Waals surface area contributed by atoms with Crippen molar-refractivity contribution in [2.24, 2.45) is 5.92 Å². The molecule has 0 unspecified atom stereocenters. The Bertz CT molecular complexity index is 913. The predicted molar refractivity (Wildman–Crippen MR) is 103 cm³/mol. The zero-order valence-corrected chi connectivity index (χ0v) is 15.6. The van der Waals surface area contributed by atoms with Gasteiger partial charge in [-0.1, -0.05) is 6.07 Å². The van der Waals surface area contributed by atoms with E-state index in [0.717, 1.165) is 25.9 Å². The zero-order valence-electron chi connectivity index (χ0n) is 15.6. The van der Waals surface area contributed by atoms with E-state index in [-0.39, 0.29) is 23.3 Å². The number of piperidine rings is 1. The summed E-state index contributed by atoms with van der Waals surface area (Å²) in [5, 5.41) is 0. The number of aromatic amines is 1. The maximum atomic E-state index is 12.8. The molecular formula is C20H23N5O3. The van der Waals surface area contributed by atoms with E-state index in [2.05, 4.69) is 15.0 Å². The summed E-state index contributed by atoms with van der Waals surface area (Å²) in [6.07, 6.45) is 6.35. The highest BCUT2D eigenvalue weighted by Crippen LogP contribution is 2.22. The number of hydrogen-bond donors (Lipinski definition) is 1. The van der Waals surface area contributed by atoms with Crippen molar-refractivity contribution in [2.45, 2.75) is 25.7 Å². The van der Waals surface area contributed by atoms with Crippen molar-refractivity contribution in [3.05, 3.63) is 46.5 Å². The molecule has 0 radical (unpaired) electrons. The Hall–Kier alpha value is -3.03. The summed E-state index contributed by atoms with van der Waals surface area (Å²) in [7, 11) is 0. The third-order valence-electron chi connectivity index (χ3n) is 5.49. The lowest BCUT2D eigenvalue weighted by atomic mass is 9.95. The fraction of sp³-hybridized carbons (Fsp3) is 0.450. The first kappa shape index (κ1) is 18.3. The standard InChI is InChI=1S/C20H23N5O3/c26-18-15(13-22-17(23-18)16-5-1-2-8-21-16)20(28)25-11-6-14(7-12-25)19(27)24-9-3-4-10-24/h1-2,5,8,13-14H,3-4,6-7,9-12H2,(H,22,23,26). The topological polar surface area (TPSA) is 99.3 Å². The lowest BCUT2D eigenvalue weighted by Gasteiger charge is -2.33. The highest BCUT2D eigenvalue weighted by Gasteiger charge is 2.32. The molecule has 2 aromatic heterocycles. The maximum absolute atomic E-state index is 12.8. The van der Waals surface area contributed by atoms with Crippen LogP contribution in [-0.4, -0.2) is 62.7 Å². The second kappa shape index (κ2) is 7.92. The number of nitrogens with zero attached hydrogens (tertiary/aromatic N) is 4. The number of amides is 2. The van der Waals surface area contributed by atoms with Crippen molar-refractivity contribution < 1.29 is 9.59 Å². The first-order valence-electron chi connectivity index (χ1n) is 9.72. The second-order valence-electron chi connectivity index (χ2n) is 7.29. The number of likely N-dealkylation sites (tertiary alicyclic amines) is 2. The Morgan fingerprint density at radius 1 is 1.00 bits per heavy atom. The molecule has 0 bridgehead atoms. The Kier molecular flexibility index (Phi) is 5.18. The molecule has 2 amide bonds. The monoisotopic (exact) mass is 381 g/mol. The summed E-state index contributed by atoms with van der Waals surface area (Å²) in [4.78, 5) is 52.3. The van der Waals surface area contributed by atoms with Crippen LogP contribution >= 0.6 is 0 Å². The minimum atomic E-state index is -0.476. The summed E-state index contributed by atoms with van der Waals surface area (Å²) in [5.41, 5.74) is 0.0831. The number of pyridine rings is 1. The zero-order chi connectivity index (χ0) is 19.5. The average molecular weight is 381 g/mol. The van der Waals surface area contributed by atoms with E-state index in [1.807, 2.05) is 4.90 Å². The molecule has 0 atom stereocenters. The van der Waals surface area contributed by atoms with E-state index in [0.29, 0.717) is 37.4 Å². The summed E-state index contributed by atoms with van der Waals surface area (Å²) < 4.78 is 0. The van der Waals surface area contributed by atoms with Crippen LogP contribution in [-0.2, 0) is 4.79 Å². The fourth-order valence-electron chi connectivity index (χ4n) is 3.88. The molecule has 0 spiro atoms. The van der Waals surface area contributed by atoms with Gasteiger partial charge in [0.25, 0.3) is 11.5 Å². The summed E-state index contributed by atoms with van der Waals surface area (Å²) in [6, 6.07) is 5.31. The van der Waals surface area contributed by atoms with E-state index in [1.54, 1.807) is 29.3 Å². The van der Waals surface area contributed by atoms with Gasteiger partial charge in [-0.05, 0) is 37.8 Å². The van der Waals surface area contributed by atoms with Crippen LogP contribution in [0.4, 0.5) is 0 Å². The number of nitrogens with one attached hydrogen (secondary N) is 1. The third-order valence-corrected chi connectivity index (χ3v) is 5.49. The van der Waals surface area contributed by atoms with Crippen LogP contribution in [0.5, 0.6) is 0 Å². The predicted octanol–water partition coefficient (Wildman–Crippen LogP) is 1.31. The fourth-order valence-corrected chi connectivity index (χ4v) is 3.88. The third kappa shape index (κ3) is 3.67. The van der Waals surface area contributed by atoms with Gasteiger partial charge in [-0.3, -0.25) is 19.4 Å². The van der Waals surface area contributed by atoms with Crippen molar-refractivity contribution in [2.75, 3.05) is 26.2 Å². The Morgan fingerprint density at radius 2 is 1.75 bits per heavy atom. The Balaban J connectivity index is 1.41. The molecule has 8 nitrogen and oxygen atoms in total. The van der Waals surface area contributed by atoms with Gasteiger partial charge in [0.15, 0.2) is 5.82 Å². The molecular weight excluding hydrogens is 358 g/mol. The number of rotatable bonds is 3. The number of carbonyl (C=O) groups excluding carboxylic acids is 2. The smallest absolute Gasteiger partial charge is 0.264 e. The summed E-state index contributed by atoms with van der Waals surface area (Å²) in [6.45, 7) is 2.65. The van der Waals surface area contributed by atoms with Gasteiger partial charge in [-0.15, -0.1) is 0 Å². The van der Waals surface area contributed by atoms with E-state index in [4.69, 9.17) is 0 Å². The molecule has 2 aromatic rings. The van der Waals surface area contributed by atoms with Crippen molar-refractivity contribution in [3.8, 4) is 11.5 Å². The van der Waals surface area contributed by atoms with Crippen LogP contribution in [0.3, 0.4) is 0 Å². The Labute approximate surface area is 162 Å². The van der Waals surface area contributed by atoms with Gasteiger partial charge in [0.2, 0.25) is 5.91 Å². The number of aromatic nitrogens is 3. The summed E-state index contributed by atoms with van der Waals surface area (Å²) in [5.74, 6) is 0.180. The molecule has 2 aliphatic heterocycles. The van der Waals surface area contributed by atoms with E-state index in [1.165, 1.54) is 6.20 Å². The second-order valence-corrected chi connectivity index (χ2v) is 7.29. The van der Waals surface area contributed by atoms with Gasteiger partial charge in [0.1, 0.15) is 11.3 Å². The van der Waals surface area contributed by atoms with Gasteiger partial charge < -0.3 is 14.8 Å². The molecule has 0 aliphatic carbocycles. The number of H-pyrrole nitrogens is 1. The molecule has 8 heteroatoms. The van der Waals surface area contributed by atoms with Crippen LogP contribution < -0.4 is 5.56 Å². The highest BCUT2D eigenvalue weighted by molar-refractivity contribution is 5.94. The molecule has 2 saturated heterocycles. The van der Waals surface area contributed by atoms with Gasteiger partial charge in [-0.25, -0.2) is 4.98 Å². The minimum Gasteiger partial charge on any atom is -0.342 e. The largest absolute Gasteiger partial charge is 0.342 e. The lowest BCUT2D eigenvalue weighted by molar-refractivity contribution is -0.135. The van der Waals surface area contributed by atoms with Crippen LogP contribution in [0.25, 0.3) is 11.5 Å². The van der Waals surface area contributed by atoms with Crippen LogP contribution in [0.1, 0.15) is 36.0 Å². The molecule has 1 N–H and O–H groups in total. The van der Waals surface area contributed by atoms with Gasteiger partial charge in [0, 0.05) is 44.5 Å². The van der Waals surface area contributed by atoms with Crippen molar-refractivity contribution in [1.29, 1.82) is 0 Å². The number of hydrogen-bond acceptors (Lipinski definition) is 5. The van der Waals surface area contributed by atoms with Gasteiger partial charge in [-0.2, -0.15) is 0 Å². The van der Waals surface area contributed by atoms with Gasteiger partial charge in [0.05, 0.1) is 0 Å². The SMILES string of the molecule is O=C(c1cnc(-c2ccccn2)[nH]c1=O)N1CCC(C(=O)N2CCCC2)CC1. The maximum Gasteiger partial charge on any atom is 0.264 e. The minimum absolute atomic E-state index is 0.0176. The lowest BCUT2D eigenvalue weighted by Crippen LogP contribution is -2.44. The first-order chi connectivity index (χ1) is 13.6. The molecule has 2 aliphatic rings.